The van der Waals surface area contributed by atoms with Crippen molar-refractivity contribution in [2.24, 2.45) is 0 Å². The van der Waals surface area contributed by atoms with Gasteiger partial charge < -0.3 is 10.3 Å². The van der Waals surface area contributed by atoms with Crippen LogP contribution in [0.5, 0.6) is 0 Å². The third-order valence-corrected chi connectivity index (χ3v) is 5.04. The predicted octanol–water partition coefficient (Wildman–Crippen LogP) is 5.54. The summed E-state index contributed by atoms with van der Waals surface area (Å²) in [4.78, 5) is 24.9. The molecule has 0 unspecified atom stereocenters. The zero-order valence-electron chi connectivity index (χ0n) is 16.0. The van der Waals surface area contributed by atoms with Gasteiger partial charge in [-0.2, -0.15) is 0 Å². The lowest BCUT2D eigenvalue weighted by atomic mass is 10.0. The third-order valence-electron chi connectivity index (χ3n) is 5.04. The predicted molar refractivity (Wildman–Crippen MR) is 119 cm³/mol. The SMILES string of the molecule is O=C(Nc1c[nH]c2ncc(-c3ccccc3)cc12)c1cnccc1-c1ccccc1. The van der Waals surface area contributed by atoms with Crippen LogP contribution >= 0.6 is 0 Å². The van der Waals surface area contributed by atoms with Crippen LogP contribution in [0.2, 0.25) is 0 Å². The zero-order valence-corrected chi connectivity index (χ0v) is 16.0. The van der Waals surface area contributed by atoms with Crippen LogP contribution < -0.4 is 5.32 Å². The molecule has 144 valence electrons. The second-order valence-electron chi connectivity index (χ2n) is 6.93. The van der Waals surface area contributed by atoms with Crippen LogP contribution in [0.1, 0.15) is 10.4 Å². The molecule has 0 bridgehead atoms. The van der Waals surface area contributed by atoms with Gasteiger partial charge in [0.25, 0.3) is 5.91 Å². The standard InChI is InChI=1S/C25H18N4O/c30-25(22-15-26-12-11-20(22)18-9-5-2-6-10-18)29-23-16-28-24-21(23)13-19(14-27-24)17-7-3-1-4-8-17/h1-16H,(H,27,28)(H,29,30). The molecule has 5 nitrogen and oxygen atoms in total. The molecule has 0 aliphatic carbocycles. The number of carbonyl (C=O) groups is 1. The lowest BCUT2D eigenvalue weighted by molar-refractivity contribution is 0.102. The summed E-state index contributed by atoms with van der Waals surface area (Å²) in [6.07, 6.45) is 6.89. The largest absolute Gasteiger partial charge is 0.344 e. The van der Waals surface area contributed by atoms with E-state index < -0.39 is 0 Å². The molecule has 3 aromatic heterocycles. The van der Waals surface area contributed by atoms with Gasteiger partial charge in [-0.05, 0) is 28.8 Å². The van der Waals surface area contributed by atoms with E-state index in [0.29, 0.717) is 11.3 Å². The van der Waals surface area contributed by atoms with Gasteiger partial charge in [0, 0.05) is 35.7 Å². The molecule has 3 heterocycles. The van der Waals surface area contributed by atoms with E-state index in [0.717, 1.165) is 33.3 Å². The first-order valence-electron chi connectivity index (χ1n) is 9.63. The van der Waals surface area contributed by atoms with Crippen LogP contribution in [0.25, 0.3) is 33.3 Å². The fraction of sp³-hybridized carbons (Fsp3) is 0. The minimum Gasteiger partial charge on any atom is -0.344 e. The lowest BCUT2D eigenvalue weighted by Crippen LogP contribution is -2.13. The summed E-state index contributed by atoms with van der Waals surface area (Å²) >= 11 is 0. The molecule has 0 atom stereocenters. The van der Waals surface area contributed by atoms with Gasteiger partial charge in [0.1, 0.15) is 5.65 Å². The number of carbonyl (C=O) groups excluding carboxylic acids is 1. The van der Waals surface area contributed by atoms with Gasteiger partial charge in [-0.15, -0.1) is 0 Å². The number of anilines is 1. The molecule has 0 saturated carbocycles. The number of aromatic amines is 1. The quantitative estimate of drug-likeness (QED) is 0.423. The van der Waals surface area contributed by atoms with Crippen molar-refractivity contribution < 1.29 is 4.79 Å². The smallest absolute Gasteiger partial charge is 0.257 e. The second-order valence-corrected chi connectivity index (χ2v) is 6.93. The maximum Gasteiger partial charge on any atom is 0.257 e. The number of rotatable bonds is 4. The highest BCUT2D eigenvalue weighted by Crippen LogP contribution is 2.29. The number of hydrogen-bond acceptors (Lipinski definition) is 3. The zero-order chi connectivity index (χ0) is 20.3. The number of fused-ring (bicyclic) bond motifs is 1. The Morgan fingerprint density at radius 3 is 2.33 bits per heavy atom. The number of H-pyrrole nitrogens is 1. The summed E-state index contributed by atoms with van der Waals surface area (Å²) in [6, 6.07) is 23.7. The van der Waals surface area contributed by atoms with Crippen molar-refractivity contribution in [3.63, 3.8) is 0 Å². The van der Waals surface area contributed by atoms with Gasteiger partial charge in [-0.3, -0.25) is 9.78 Å². The summed E-state index contributed by atoms with van der Waals surface area (Å²) in [7, 11) is 0. The van der Waals surface area contributed by atoms with Crippen molar-refractivity contribution in [2.75, 3.05) is 5.32 Å². The van der Waals surface area contributed by atoms with Gasteiger partial charge in [0.15, 0.2) is 0 Å². The Morgan fingerprint density at radius 1 is 0.833 bits per heavy atom. The third kappa shape index (κ3) is 3.33. The summed E-state index contributed by atoms with van der Waals surface area (Å²) in [5.41, 5.74) is 5.80. The van der Waals surface area contributed by atoms with E-state index in [1.165, 1.54) is 0 Å². The molecule has 0 aliphatic heterocycles. The van der Waals surface area contributed by atoms with Crippen LogP contribution in [0.3, 0.4) is 0 Å². The number of benzene rings is 2. The van der Waals surface area contributed by atoms with E-state index in [-0.39, 0.29) is 5.91 Å². The highest BCUT2D eigenvalue weighted by molar-refractivity contribution is 6.11. The van der Waals surface area contributed by atoms with E-state index in [1.807, 2.05) is 79.0 Å². The fourth-order valence-electron chi connectivity index (χ4n) is 3.53. The topological polar surface area (TPSA) is 70.7 Å². The van der Waals surface area contributed by atoms with Crippen molar-refractivity contribution in [3.05, 3.63) is 103 Å². The Kier molecular flexibility index (Phi) is 4.54. The lowest BCUT2D eigenvalue weighted by Gasteiger charge is -2.10. The summed E-state index contributed by atoms with van der Waals surface area (Å²) < 4.78 is 0. The van der Waals surface area contributed by atoms with E-state index in [4.69, 9.17) is 0 Å². The average molecular weight is 390 g/mol. The molecule has 1 amide bonds. The van der Waals surface area contributed by atoms with Gasteiger partial charge in [0.2, 0.25) is 0 Å². The fourth-order valence-corrected chi connectivity index (χ4v) is 3.53. The number of nitrogens with one attached hydrogen (secondary N) is 2. The molecule has 0 fully saturated rings. The molecule has 0 saturated heterocycles. The highest BCUT2D eigenvalue weighted by Gasteiger charge is 2.15. The minimum atomic E-state index is -0.215. The molecule has 5 rings (SSSR count). The van der Waals surface area contributed by atoms with E-state index in [1.54, 1.807) is 18.6 Å². The molecule has 0 aliphatic rings. The van der Waals surface area contributed by atoms with Crippen LogP contribution in [-0.4, -0.2) is 20.9 Å². The molecule has 0 radical (unpaired) electrons. The molecular formula is C25H18N4O. The van der Waals surface area contributed by atoms with Crippen LogP contribution in [-0.2, 0) is 0 Å². The number of aromatic nitrogens is 3. The normalized spacial score (nSPS) is 10.8. The maximum atomic E-state index is 13.1. The Hall–Kier alpha value is -4.25. The van der Waals surface area contributed by atoms with Crippen molar-refractivity contribution in [1.29, 1.82) is 0 Å². The second kappa shape index (κ2) is 7.64. The number of pyridine rings is 2. The average Bonchev–Trinajstić information content (AvgIpc) is 3.22. The monoisotopic (exact) mass is 390 g/mol. The van der Waals surface area contributed by atoms with Crippen LogP contribution in [0, 0.1) is 0 Å². The first kappa shape index (κ1) is 17.8. The molecule has 30 heavy (non-hydrogen) atoms. The van der Waals surface area contributed by atoms with Crippen molar-refractivity contribution in [3.8, 4) is 22.3 Å². The van der Waals surface area contributed by atoms with Gasteiger partial charge in [-0.1, -0.05) is 60.7 Å². The van der Waals surface area contributed by atoms with Crippen molar-refractivity contribution in [2.45, 2.75) is 0 Å². The minimum absolute atomic E-state index is 0.215. The highest BCUT2D eigenvalue weighted by atomic mass is 16.1. The summed E-state index contributed by atoms with van der Waals surface area (Å²) in [5, 5.41) is 3.88. The van der Waals surface area contributed by atoms with Gasteiger partial charge >= 0.3 is 0 Å². The Morgan fingerprint density at radius 2 is 1.57 bits per heavy atom. The van der Waals surface area contributed by atoms with Crippen LogP contribution in [0.4, 0.5) is 5.69 Å². The number of hydrogen-bond donors (Lipinski definition) is 2. The van der Waals surface area contributed by atoms with Crippen molar-refractivity contribution >= 4 is 22.6 Å². The van der Waals surface area contributed by atoms with Gasteiger partial charge in [0.05, 0.1) is 11.3 Å². The maximum absolute atomic E-state index is 13.1. The molecule has 5 aromatic rings. The Balaban J connectivity index is 1.50. The number of amides is 1. The van der Waals surface area contributed by atoms with Crippen molar-refractivity contribution in [1.82, 2.24) is 15.0 Å². The summed E-state index contributed by atoms with van der Waals surface area (Å²) in [5.74, 6) is -0.215. The molecule has 0 spiro atoms. The van der Waals surface area contributed by atoms with Gasteiger partial charge in [-0.25, -0.2) is 4.98 Å². The Bertz CT molecular complexity index is 1330. The van der Waals surface area contributed by atoms with Crippen LogP contribution in [0.15, 0.2) is 97.6 Å². The first-order valence-corrected chi connectivity index (χ1v) is 9.63. The molecule has 2 aromatic carbocycles. The molecular weight excluding hydrogens is 372 g/mol. The van der Waals surface area contributed by atoms with E-state index in [2.05, 4.69) is 20.3 Å². The van der Waals surface area contributed by atoms with E-state index in [9.17, 15) is 4.79 Å². The molecule has 2 N–H and O–H groups in total. The first-order chi connectivity index (χ1) is 14.8. The number of nitrogens with zero attached hydrogens (tertiary/aromatic N) is 2. The summed E-state index contributed by atoms with van der Waals surface area (Å²) in [6.45, 7) is 0. The Labute approximate surface area is 173 Å². The van der Waals surface area contributed by atoms with E-state index >= 15 is 0 Å². The molecule has 5 heteroatoms.